The predicted octanol–water partition coefficient (Wildman–Crippen LogP) is 2.60. The van der Waals surface area contributed by atoms with Crippen LogP contribution in [0.4, 0.5) is 0 Å². The summed E-state index contributed by atoms with van der Waals surface area (Å²) in [4.78, 5) is 9.27. The largest absolute Gasteiger partial charge is 0.383 e. The van der Waals surface area contributed by atoms with Crippen molar-refractivity contribution in [1.82, 2.24) is 15.1 Å². The van der Waals surface area contributed by atoms with Crippen LogP contribution in [0.15, 0.2) is 17.6 Å². The molecule has 0 aliphatic carbocycles. The number of unbranched alkanes of at least 4 members (excludes halogenated alkanes) is 3. The molecule has 0 aromatic carbocycles. The van der Waals surface area contributed by atoms with Gasteiger partial charge in [-0.25, -0.2) is 0 Å². The Balaban J connectivity index is 4.02. The quantitative estimate of drug-likeness (QED) is 0.230. The smallest absolute Gasteiger partial charge is 0.193 e. The van der Waals surface area contributed by atoms with Crippen molar-refractivity contribution in [2.75, 3.05) is 60.5 Å². The van der Waals surface area contributed by atoms with Crippen molar-refractivity contribution in [2.45, 2.75) is 39.0 Å². The molecule has 0 saturated carbocycles. The van der Waals surface area contributed by atoms with E-state index in [9.17, 15) is 0 Å². The number of nitrogens with zero attached hydrogens (tertiary/aromatic N) is 3. The van der Waals surface area contributed by atoms with Crippen LogP contribution in [0.1, 0.15) is 39.0 Å². The van der Waals surface area contributed by atoms with Gasteiger partial charge in [-0.3, -0.25) is 4.99 Å². The molecule has 1 N–H and O–H groups in total. The van der Waals surface area contributed by atoms with E-state index in [2.05, 4.69) is 42.7 Å². The minimum absolute atomic E-state index is 0.789. The van der Waals surface area contributed by atoms with Crippen LogP contribution >= 0.6 is 0 Å². The average Bonchev–Trinajstić information content (AvgIpc) is 2.55. The van der Waals surface area contributed by atoms with Crippen LogP contribution in [-0.4, -0.2) is 76.3 Å². The first-order valence-corrected chi connectivity index (χ1v) is 8.93. The summed E-state index contributed by atoms with van der Waals surface area (Å²) in [7, 11) is 6.00. The van der Waals surface area contributed by atoms with Crippen LogP contribution in [0.5, 0.6) is 0 Å². The Kier molecular flexibility index (Phi) is 15.1. The standard InChI is InChI=1S/C18H38N4O/c1-6-8-9-10-11-15-22(4)18(19-7-2)20-13-12-14-21(3)16-17-23-5/h6H,1,7-17H2,2-5H3,(H,19,20). The second-order valence-corrected chi connectivity index (χ2v) is 5.94. The SMILES string of the molecule is C=CCCCCCN(C)C(=NCCCN(C)CCOC)NCC. The van der Waals surface area contributed by atoms with E-state index in [1.807, 2.05) is 6.08 Å². The van der Waals surface area contributed by atoms with E-state index in [0.29, 0.717) is 0 Å². The highest BCUT2D eigenvalue weighted by molar-refractivity contribution is 5.79. The van der Waals surface area contributed by atoms with Crippen LogP contribution in [0, 0.1) is 0 Å². The predicted molar refractivity (Wildman–Crippen MR) is 101 cm³/mol. The molecule has 0 amide bonds. The number of nitrogens with one attached hydrogen (secondary N) is 1. The van der Waals surface area contributed by atoms with Gasteiger partial charge in [0.25, 0.3) is 0 Å². The maximum atomic E-state index is 5.09. The molecule has 0 aliphatic rings. The van der Waals surface area contributed by atoms with Gasteiger partial charge in [0.2, 0.25) is 0 Å². The van der Waals surface area contributed by atoms with Crippen molar-refractivity contribution in [3.8, 4) is 0 Å². The van der Waals surface area contributed by atoms with Gasteiger partial charge in [-0.1, -0.05) is 12.5 Å². The molecule has 0 spiro atoms. The van der Waals surface area contributed by atoms with Crippen LogP contribution in [0.3, 0.4) is 0 Å². The first kappa shape index (κ1) is 21.9. The Morgan fingerprint density at radius 2 is 1.91 bits per heavy atom. The van der Waals surface area contributed by atoms with Crippen molar-refractivity contribution in [3.63, 3.8) is 0 Å². The topological polar surface area (TPSA) is 40.1 Å². The third-order valence-electron chi connectivity index (χ3n) is 3.73. The lowest BCUT2D eigenvalue weighted by atomic mass is 10.2. The number of hydrogen-bond acceptors (Lipinski definition) is 3. The maximum absolute atomic E-state index is 5.09. The lowest BCUT2D eigenvalue weighted by Crippen LogP contribution is -2.39. The fraction of sp³-hybridized carbons (Fsp3) is 0.833. The molecule has 0 aromatic heterocycles. The average molecular weight is 327 g/mol. The first-order chi connectivity index (χ1) is 11.2. The molecular formula is C18H38N4O. The number of hydrogen-bond donors (Lipinski definition) is 1. The second-order valence-electron chi connectivity index (χ2n) is 5.94. The van der Waals surface area contributed by atoms with Gasteiger partial charge in [0.05, 0.1) is 6.61 Å². The number of methoxy groups -OCH3 is 1. The van der Waals surface area contributed by atoms with E-state index in [1.165, 1.54) is 19.3 Å². The Hall–Kier alpha value is -1.07. The van der Waals surface area contributed by atoms with E-state index in [4.69, 9.17) is 9.73 Å². The number of allylic oxidation sites excluding steroid dienone is 1. The van der Waals surface area contributed by atoms with Gasteiger partial charge in [-0.2, -0.15) is 0 Å². The molecule has 0 aliphatic heterocycles. The molecule has 0 bridgehead atoms. The van der Waals surface area contributed by atoms with E-state index in [-0.39, 0.29) is 0 Å². The van der Waals surface area contributed by atoms with Crippen molar-refractivity contribution >= 4 is 5.96 Å². The summed E-state index contributed by atoms with van der Waals surface area (Å²) in [6.07, 6.45) is 7.88. The van der Waals surface area contributed by atoms with Gasteiger partial charge in [0, 0.05) is 40.3 Å². The van der Waals surface area contributed by atoms with Crippen molar-refractivity contribution in [2.24, 2.45) is 4.99 Å². The third kappa shape index (κ3) is 13.1. The zero-order valence-electron chi connectivity index (χ0n) is 15.8. The molecule has 136 valence electrons. The summed E-state index contributed by atoms with van der Waals surface area (Å²) in [6.45, 7) is 11.5. The second kappa shape index (κ2) is 15.8. The van der Waals surface area contributed by atoms with Gasteiger partial charge in [0.1, 0.15) is 0 Å². The van der Waals surface area contributed by atoms with E-state index >= 15 is 0 Å². The van der Waals surface area contributed by atoms with Crippen molar-refractivity contribution < 1.29 is 4.74 Å². The van der Waals surface area contributed by atoms with Gasteiger partial charge >= 0.3 is 0 Å². The van der Waals surface area contributed by atoms with Gasteiger partial charge in [-0.05, 0) is 46.2 Å². The fourth-order valence-electron chi connectivity index (χ4n) is 2.27. The van der Waals surface area contributed by atoms with E-state index < -0.39 is 0 Å². The normalized spacial score (nSPS) is 11.8. The molecule has 0 rings (SSSR count). The zero-order valence-corrected chi connectivity index (χ0v) is 15.8. The van der Waals surface area contributed by atoms with Gasteiger partial charge in [0.15, 0.2) is 5.96 Å². The van der Waals surface area contributed by atoms with Crippen LogP contribution < -0.4 is 5.32 Å². The zero-order chi connectivity index (χ0) is 17.3. The highest BCUT2D eigenvalue weighted by Crippen LogP contribution is 2.02. The molecule has 0 fully saturated rings. The molecule has 0 aromatic rings. The Bertz CT molecular complexity index is 307. The molecule has 0 saturated heterocycles. The molecule has 5 nitrogen and oxygen atoms in total. The van der Waals surface area contributed by atoms with Gasteiger partial charge < -0.3 is 19.9 Å². The Labute approximate surface area is 143 Å². The summed E-state index contributed by atoms with van der Waals surface area (Å²) >= 11 is 0. The monoisotopic (exact) mass is 326 g/mol. The summed E-state index contributed by atoms with van der Waals surface area (Å²) in [5, 5.41) is 3.38. The minimum Gasteiger partial charge on any atom is -0.383 e. The fourth-order valence-corrected chi connectivity index (χ4v) is 2.27. The van der Waals surface area contributed by atoms with Gasteiger partial charge in [-0.15, -0.1) is 6.58 Å². The minimum atomic E-state index is 0.789. The Morgan fingerprint density at radius 3 is 2.57 bits per heavy atom. The molecule has 23 heavy (non-hydrogen) atoms. The summed E-state index contributed by atoms with van der Waals surface area (Å²) in [6, 6.07) is 0. The van der Waals surface area contributed by atoms with Crippen LogP contribution in [-0.2, 0) is 4.74 Å². The molecule has 0 radical (unpaired) electrons. The van der Waals surface area contributed by atoms with Crippen molar-refractivity contribution in [3.05, 3.63) is 12.7 Å². The highest BCUT2D eigenvalue weighted by Gasteiger charge is 2.05. The molecule has 5 heteroatoms. The number of ether oxygens (including phenoxy) is 1. The van der Waals surface area contributed by atoms with E-state index in [0.717, 1.165) is 58.1 Å². The first-order valence-electron chi connectivity index (χ1n) is 8.93. The molecule has 0 heterocycles. The maximum Gasteiger partial charge on any atom is 0.193 e. The van der Waals surface area contributed by atoms with Crippen LogP contribution in [0.2, 0.25) is 0 Å². The molecular weight excluding hydrogens is 288 g/mol. The summed E-state index contributed by atoms with van der Waals surface area (Å²) < 4.78 is 5.09. The number of guanidine groups is 1. The lowest BCUT2D eigenvalue weighted by Gasteiger charge is -2.22. The number of likely N-dealkylation sites (N-methyl/N-ethyl adjacent to an activating group) is 1. The number of aliphatic imine (C=N–C) groups is 1. The number of rotatable bonds is 14. The third-order valence-corrected chi connectivity index (χ3v) is 3.73. The van der Waals surface area contributed by atoms with Crippen molar-refractivity contribution in [1.29, 1.82) is 0 Å². The van der Waals surface area contributed by atoms with Crippen LogP contribution in [0.25, 0.3) is 0 Å². The molecule has 0 atom stereocenters. The lowest BCUT2D eigenvalue weighted by molar-refractivity contribution is 0.161. The molecule has 0 unspecified atom stereocenters. The summed E-state index contributed by atoms with van der Waals surface area (Å²) in [5.41, 5.74) is 0. The highest BCUT2D eigenvalue weighted by atomic mass is 16.5. The van der Waals surface area contributed by atoms with E-state index in [1.54, 1.807) is 7.11 Å². The summed E-state index contributed by atoms with van der Waals surface area (Å²) in [5.74, 6) is 1.02. The Morgan fingerprint density at radius 1 is 1.13 bits per heavy atom.